The molecule has 1 unspecified atom stereocenters. The van der Waals surface area contributed by atoms with Gasteiger partial charge in [-0.15, -0.1) is 0 Å². The summed E-state index contributed by atoms with van der Waals surface area (Å²) >= 11 is 5.76. The van der Waals surface area contributed by atoms with Gasteiger partial charge in [0.1, 0.15) is 0 Å². The molecule has 0 bridgehead atoms. The predicted molar refractivity (Wildman–Crippen MR) is 90.3 cm³/mol. The zero-order valence-corrected chi connectivity index (χ0v) is 14.4. The molecule has 4 heteroatoms. The van der Waals surface area contributed by atoms with Gasteiger partial charge >= 0.3 is 0 Å². The van der Waals surface area contributed by atoms with Crippen LogP contribution >= 0.6 is 27.7 Å². The topological polar surface area (TPSA) is 15.3 Å². The molecule has 1 heterocycles. The van der Waals surface area contributed by atoms with Crippen LogP contribution in [0, 0.1) is 0 Å². The second kappa shape index (κ2) is 7.00. The van der Waals surface area contributed by atoms with Crippen LogP contribution in [-0.2, 0) is 6.54 Å². The number of nitrogens with zero attached hydrogens (tertiary/aromatic N) is 1. The number of anilines is 1. The lowest BCUT2D eigenvalue weighted by atomic mass is 10.1. The lowest BCUT2D eigenvalue weighted by molar-refractivity contribution is 0.588. The van der Waals surface area contributed by atoms with Crippen molar-refractivity contribution in [3.8, 4) is 0 Å². The molecule has 1 aliphatic heterocycles. The monoisotopic (exact) mass is 342 g/mol. The van der Waals surface area contributed by atoms with Crippen molar-refractivity contribution in [2.45, 2.75) is 38.9 Å². The highest BCUT2D eigenvalue weighted by molar-refractivity contribution is 9.10. The Morgan fingerprint density at radius 1 is 1.47 bits per heavy atom. The third-order valence-corrected chi connectivity index (χ3v) is 5.48. The van der Waals surface area contributed by atoms with Gasteiger partial charge in [0.25, 0.3) is 0 Å². The van der Waals surface area contributed by atoms with Gasteiger partial charge in [-0.3, -0.25) is 0 Å². The van der Waals surface area contributed by atoms with E-state index in [-0.39, 0.29) is 0 Å². The molecule has 0 aromatic heterocycles. The number of rotatable bonds is 5. The minimum atomic E-state index is 0.518. The van der Waals surface area contributed by atoms with Crippen molar-refractivity contribution in [2.24, 2.45) is 0 Å². The van der Waals surface area contributed by atoms with Gasteiger partial charge in [0.15, 0.2) is 0 Å². The molecule has 1 aliphatic rings. The van der Waals surface area contributed by atoms with Gasteiger partial charge in [0.05, 0.1) is 0 Å². The quantitative estimate of drug-likeness (QED) is 0.873. The van der Waals surface area contributed by atoms with Gasteiger partial charge in [-0.25, -0.2) is 0 Å². The molecule has 0 spiro atoms. The van der Waals surface area contributed by atoms with Crippen molar-refractivity contribution in [2.75, 3.05) is 23.5 Å². The average molecular weight is 343 g/mol. The number of benzene rings is 1. The molecule has 0 aliphatic carbocycles. The second-order valence-corrected chi connectivity index (χ2v) is 7.44. The van der Waals surface area contributed by atoms with E-state index in [1.807, 2.05) is 0 Å². The minimum Gasteiger partial charge on any atom is -0.371 e. The van der Waals surface area contributed by atoms with E-state index in [4.69, 9.17) is 0 Å². The number of hydrogen-bond acceptors (Lipinski definition) is 3. The maximum Gasteiger partial charge on any atom is 0.0385 e. The summed E-state index contributed by atoms with van der Waals surface area (Å²) in [4.78, 5) is 2.42. The van der Waals surface area contributed by atoms with Gasteiger partial charge in [0, 0.05) is 41.6 Å². The summed E-state index contributed by atoms with van der Waals surface area (Å²) in [5.41, 5.74) is 2.64. The van der Waals surface area contributed by atoms with Gasteiger partial charge in [-0.05, 0) is 29.9 Å². The second-order valence-electron chi connectivity index (χ2n) is 5.44. The van der Waals surface area contributed by atoms with Crippen molar-refractivity contribution in [3.05, 3.63) is 28.2 Å². The zero-order valence-electron chi connectivity index (χ0n) is 11.9. The van der Waals surface area contributed by atoms with Crippen LogP contribution in [0.3, 0.4) is 0 Å². The fourth-order valence-electron chi connectivity index (χ4n) is 2.25. The van der Waals surface area contributed by atoms with Crippen LogP contribution in [0.5, 0.6) is 0 Å². The van der Waals surface area contributed by atoms with Gasteiger partial charge in [0.2, 0.25) is 0 Å². The lowest BCUT2D eigenvalue weighted by Crippen LogP contribution is -2.31. The van der Waals surface area contributed by atoms with Crippen LogP contribution < -0.4 is 10.2 Å². The Kier molecular flexibility index (Phi) is 5.60. The first-order chi connectivity index (χ1) is 9.08. The van der Waals surface area contributed by atoms with Crippen LogP contribution in [0.15, 0.2) is 22.7 Å². The van der Waals surface area contributed by atoms with E-state index in [0.717, 1.165) is 6.54 Å². The Hall–Kier alpha value is -0.190. The number of nitrogens with one attached hydrogen (secondary N) is 1. The van der Waals surface area contributed by atoms with Crippen LogP contribution in [-0.4, -0.2) is 30.6 Å². The SMILES string of the molecule is CC(C)NCc1ccc(N(C)C2CCSC2)cc1Br. The molecular formula is C15H23BrN2S. The van der Waals surface area contributed by atoms with Crippen molar-refractivity contribution in [1.29, 1.82) is 0 Å². The molecule has 0 amide bonds. The van der Waals surface area contributed by atoms with E-state index in [2.05, 4.69) is 77.0 Å². The maximum absolute atomic E-state index is 3.70. The largest absolute Gasteiger partial charge is 0.371 e. The molecule has 0 radical (unpaired) electrons. The third kappa shape index (κ3) is 4.14. The third-order valence-electron chi connectivity index (χ3n) is 3.60. The first kappa shape index (κ1) is 15.2. The fraction of sp³-hybridized carbons (Fsp3) is 0.600. The molecular weight excluding hydrogens is 320 g/mol. The summed E-state index contributed by atoms with van der Waals surface area (Å²) in [7, 11) is 2.21. The summed E-state index contributed by atoms with van der Waals surface area (Å²) < 4.78 is 1.20. The molecule has 106 valence electrons. The average Bonchev–Trinajstić information content (AvgIpc) is 2.90. The van der Waals surface area contributed by atoms with Crippen molar-refractivity contribution >= 4 is 33.4 Å². The highest BCUT2D eigenvalue weighted by atomic mass is 79.9. The Balaban J connectivity index is 2.05. The number of halogens is 1. The lowest BCUT2D eigenvalue weighted by Gasteiger charge is -2.26. The molecule has 0 saturated carbocycles. The Labute approximate surface area is 129 Å². The number of hydrogen-bond donors (Lipinski definition) is 1. The van der Waals surface area contributed by atoms with Crippen molar-refractivity contribution in [1.82, 2.24) is 5.32 Å². The molecule has 1 atom stereocenters. The first-order valence-electron chi connectivity index (χ1n) is 6.90. The Bertz CT molecular complexity index is 417. The number of thioether (sulfide) groups is 1. The molecule has 19 heavy (non-hydrogen) atoms. The fourth-order valence-corrected chi connectivity index (χ4v) is 4.03. The maximum atomic E-state index is 3.70. The van der Waals surface area contributed by atoms with E-state index in [9.17, 15) is 0 Å². The molecule has 1 N–H and O–H groups in total. The minimum absolute atomic E-state index is 0.518. The van der Waals surface area contributed by atoms with Gasteiger partial charge in [-0.1, -0.05) is 35.8 Å². The standard InChI is InChI=1S/C15H23BrN2S/c1-11(2)17-9-12-4-5-13(8-15(12)16)18(3)14-6-7-19-10-14/h4-5,8,11,14,17H,6-7,9-10H2,1-3H3. The summed E-state index contributed by atoms with van der Waals surface area (Å²) in [6.45, 7) is 5.27. The Morgan fingerprint density at radius 3 is 2.84 bits per heavy atom. The summed E-state index contributed by atoms with van der Waals surface area (Å²) in [5, 5.41) is 3.46. The Morgan fingerprint density at radius 2 is 2.26 bits per heavy atom. The zero-order chi connectivity index (χ0) is 13.8. The summed E-state index contributed by atoms with van der Waals surface area (Å²) in [6, 6.07) is 7.93. The molecule has 1 aromatic carbocycles. The molecule has 1 fully saturated rings. The smallest absolute Gasteiger partial charge is 0.0385 e. The van der Waals surface area contributed by atoms with E-state index in [1.165, 1.54) is 33.7 Å². The molecule has 1 saturated heterocycles. The van der Waals surface area contributed by atoms with Crippen LogP contribution in [0.25, 0.3) is 0 Å². The predicted octanol–water partition coefficient (Wildman–Crippen LogP) is 3.89. The van der Waals surface area contributed by atoms with Gasteiger partial charge < -0.3 is 10.2 Å². The van der Waals surface area contributed by atoms with Crippen LogP contribution in [0.4, 0.5) is 5.69 Å². The van der Waals surface area contributed by atoms with Crippen molar-refractivity contribution < 1.29 is 0 Å². The summed E-state index contributed by atoms with van der Waals surface area (Å²) in [5.74, 6) is 2.55. The van der Waals surface area contributed by atoms with E-state index in [0.29, 0.717) is 12.1 Å². The van der Waals surface area contributed by atoms with E-state index < -0.39 is 0 Å². The highest BCUT2D eigenvalue weighted by Gasteiger charge is 2.20. The van der Waals surface area contributed by atoms with Crippen LogP contribution in [0.2, 0.25) is 0 Å². The summed E-state index contributed by atoms with van der Waals surface area (Å²) in [6.07, 6.45) is 1.30. The molecule has 1 aromatic rings. The molecule has 2 nitrogen and oxygen atoms in total. The molecule has 2 rings (SSSR count). The van der Waals surface area contributed by atoms with Gasteiger partial charge in [-0.2, -0.15) is 11.8 Å². The van der Waals surface area contributed by atoms with E-state index in [1.54, 1.807) is 0 Å². The van der Waals surface area contributed by atoms with Crippen LogP contribution in [0.1, 0.15) is 25.8 Å². The van der Waals surface area contributed by atoms with E-state index >= 15 is 0 Å². The van der Waals surface area contributed by atoms with Crippen molar-refractivity contribution in [3.63, 3.8) is 0 Å². The normalized spacial score (nSPS) is 19.1. The first-order valence-corrected chi connectivity index (χ1v) is 8.85. The highest BCUT2D eigenvalue weighted by Crippen LogP contribution is 2.29.